The summed E-state index contributed by atoms with van der Waals surface area (Å²) in [6.07, 6.45) is 0. The van der Waals surface area contributed by atoms with Crippen LogP contribution in [0.5, 0.6) is 0 Å². The number of carbonyl (C=O) groups excluding carboxylic acids is 2. The van der Waals surface area contributed by atoms with E-state index in [4.69, 9.17) is 4.42 Å². The monoisotopic (exact) mass is 395 g/mol. The number of quaternary nitrogens is 1. The Kier molecular flexibility index (Phi) is 6.57. The minimum atomic E-state index is -0.467. The number of halogens is 1. The minimum Gasteiger partial charge on any atom is -0.468 e. The Morgan fingerprint density at radius 3 is 2.58 bits per heavy atom. The van der Waals surface area contributed by atoms with Gasteiger partial charge >= 0.3 is 5.97 Å². The molecule has 1 aromatic heterocycles. The van der Waals surface area contributed by atoms with E-state index in [1.807, 2.05) is 43.4 Å². The van der Waals surface area contributed by atoms with Gasteiger partial charge in [0.2, 0.25) is 0 Å². The second-order valence-corrected chi connectivity index (χ2v) is 6.35. The van der Waals surface area contributed by atoms with Gasteiger partial charge in [-0.3, -0.25) is 9.59 Å². The standard InChI is InChI=1S/C17H19BrN2O4/c1-20(11-16(21)19-9-17(22)23-2)10-14-7-8-15(24-14)12-3-5-13(18)6-4-12/h3-8H,9-11H2,1-2H3,(H,19,21)/p+1. The predicted molar refractivity (Wildman–Crippen MR) is 92.3 cm³/mol. The molecule has 1 aromatic carbocycles. The molecule has 0 aliphatic heterocycles. The van der Waals surface area contributed by atoms with Gasteiger partial charge in [-0.25, -0.2) is 0 Å². The van der Waals surface area contributed by atoms with E-state index >= 15 is 0 Å². The van der Waals surface area contributed by atoms with E-state index in [1.54, 1.807) is 0 Å². The van der Waals surface area contributed by atoms with Crippen molar-refractivity contribution < 1.29 is 23.6 Å². The molecular formula is C17H20BrN2O4+. The Hall–Kier alpha value is -2.12. The summed E-state index contributed by atoms with van der Waals surface area (Å²) in [5.41, 5.74) is 0.998. The van der Waals surface area contributed by atoms with Crippen LogP contribution < -0.4 is 10.2 Å². The SMILES string of the molecule is COC(=O)CNC(=O)C[NH+](C)Cc1ccc(-c2ccc(Br)cc2)o1. The number of hydrogen-bond donors (Lipinski definition) is 2. The topological polar surface area (TPSA) is 73.0 Å². The maximum Gasteiger partial charge on any atom is 0.325 e. The lowest BCUT2D eigenvalue weighted by Gasteiger charge is -2.12. The van der Waals surface area contributed by atoms with Crippen molar-refractivity contribution in [3.8, 4) is 11.3 Å². The third kappa shape index (κ3) is 5.50. The Morgan fingerprint density at radius 2 is 1.92 bits per heavy atom. The van der Waals surface area contributed by atoms with E-state index < -0.39 is 5.97 Å². The molecule has 1 heterocycles. The number of ether oxygens (including phenoxy) is 1. The zero-order valence-electron chi connectivity index (χ0n) is 13.6. The van der Waals surface area contributed by atoms with E-state index in [0.29, 0.717) is 6.54 Å². The minimum absolute atomic E-state index is 0.114. The van der Waals surface area contributed by atoms with Crippen LogP contribution >= 0.6 is 15.9 Å². The van der Waals surface area contributed by atoms with Crippen LogP contribution in [0.4, 0.5) is 0 Å². The molecule has 2 rings (SSSR count). The number of benzene rings is 1. The summed E-state index contributed by atoms with van der Waals surface area (Å²) in [5.74, 6) is 0.912. The molecule has 1 unspecified atom stereocenters. The van der Waals surface area contributed by atoms with Crippen LogP contribution in [0.1, 0.15) is 5.76 Å². The van der Waals surface area contributed by atoms with Gasteiger partial charge in [-0.2, -0.15) is 0 Å². The molecule has 1 atom stereocenters. The van der Waals surface area contributed by atoms with Crippen LogP contribution in [0.25, 0.3) is 11.3 Å². The van der Waals surface area contributed by atoms with Crippen molar-refractivity contribution in [2.24, 2.45) is 0 Å². The Labute approximate surface area is 148 Å². The lowest BCUT2D eigenvalue weighted by Crippen LogP contribution is -3.08. The summed E-state index contributed by atoms with van der Waals surface area (Å²) < 4.78 is 11.3. The zero-order chi connectivity index (χ0) is 17.5. The average molecular weight is 396 g/mol. The van der Waals surface area contributed by atoms with E-state index in [9.17, 15) is 9.59 Å². The molecule has 0 saturated heterocycles. The molecule has 2 N–H and O–H groups in total. The van der Waals surface area contributed by atoms with Gasteiger partial charge < -0.3 is 19.4 Å². The van der Waals surface area contributed by atoms with Crippen LogP contribution in [0, 0.1) is 0 Å². The quantitative estimate of drug-likeness (QED) is 0.686. The van der Waals surface area contributed by atoms with Gasteiger partial charge in [0.25, 0.3) is 5.91 Å². The molecule has 0 saturated carbocycles. The van der Waals surface area contributed by atoms with Crippen molar-refractivity contribution in [2.45, 2.75) is 6.54 Å². The first-order valence-corrected chi connectivity index (χ1v) is 8.26. The highest BCUT2D eigenvalue weighted by atomic mass is 79.9. The molecule has 6 nitrogen and oxygen atoms in total. The predicted octanol–water partition coefficient (Wildman–Crippen LogP) is 1.01. The highest BCUT2D eigenvalue weighted by Crippen LogP contribution is 2.23. The molecule has 0 aliphatic carbocycles. The second-order valence-electron chi connectivity index (χ2n) is 5.44. The fraction of sp³-hybridized carbons (Fsp3) is 0.294. The summed E-state index contributed by atoms with van der Waals surface area (Å²) in [6, 6.07) is 11.7. The molecule has 2 aromatic rings. The smallest absolute Gasteiger partial charge is 0.325 e. The number of esters is 1. The molecule has 0 fully saturated rings. The molecule has 0 aliphatic rings. The number of methoxy groups -OCH3 is 1. The van der Waals surface area contributed by atoms with Crippen molar-refractivity contribution in [1.82, 2.24) is 5.32 Å². The highest BCUT2D eigenvalue weighted by Gasteiger charge is 2.14. The van der Waals surface area contributed by atoms with Gasteiger partial charge in [-0.05, 0) is 24.3 Å². The van der Waals surface area contributed by atoms with Crippen molar-refractivity contribution in [3.63, 3.8) is 0 Å². The van der Waals surface area contributed by atoms with Gasteiger partial charge in [0.15, 0.2) is 12.3 Å². The van der Waals surface area contributed by atoms with Crippen molar-refractivity contribution in [3.05, 3.63) is 46.6 Å². The molecule has 7 heteroatoms. The maximum atomic E-state index is 11.7. The Morgan fingerprint density at radius 1 is 1.21 bits per heavy atom. The summed E-state index contributed by atoms with van der Waals surface area (Å²) in [6.45, 7) is 0.699. The number of likely N-dealkylation sites (N-methyl/N-ethyl adjacent to an activating group) is 1. The molecular weight excluding hydrogens is 376 g/mol. The fourth-order valence-electron chi connectivity index (χ4n) is 2.18. The summed E-state index contributed by atoms with van der Waals surface area (Å²) >= 11 is 3.40. The zero-order valence-corrected chi connectivity index (χ0v) is 15.2. The van der Waals surface area contributed by atoms with E-state index in [0.717, 1.165) is 26.5 Å². The third-order valence-corrected chi connectivity index (χ3v) is 3.91. The Bertz CT molecular complexity index is 697. The van der Waals surface area contributed by atoms with Crippen molar-refractivity contribution in [2.75, 3.05) is 27.2 Å². The van der Waals surface area contributed by atoms with Crippen molar-refractivity contribution >= 4 is 27.8 Å². The van der Waals surface area contributed by atoms with Gasteiger partial charge in [0, 0.05) is 10.0 Å². The summed E-state index contributed by atoms with van der Waals surface area (Å²) in [7, 11) is 3.17. The number of nitrogens with one attached hydrogen (secondary N) is 2. The lowest BCUT2D eigenvalue weighted by molar-refractivity contribution is -0.886. The van der Waals surface area contributed by atoms with Gasteiger partial charge in [0.05, 0.1) is 14.2 Å². The lowest BCUT2D eigenvalue weighted by atomic mass is 10.2. The van der Waals surface area contributed by atoms with Crippen LogP contribution in [0.15, 0.2) is 45.3 Å². The van der Waals surface area contributed by atoms with Gasteiger partial charge in [-0.15, -0.1) is 0 Å². The number of amides is 1. The first kappa shape index (κ1) is 18.2. The molecule has 1 amide bonds. The largest absolute Gasteiger partial charge is 0.468 e. The van der Waals surface area contributed by atoms with Crippen molar-refractivity contribution in [1.29, 1.82) is 0 Å². The normalized spacial score (nSPS) is 11.8. The molecule has 0 radical (unpaired) electrons. The van der Waals surface area contributed by atoms with Crippen LogP contribution in [-0.4, -0.2) is 39.1 Å². The third-order valence-electron chi connectivity index (χ3n) is 3.39. The number of hydrogen-bond acceptors (Lipinski definition) is 4. The molecule has 128 valence electrons. The van der Waals surface area contributed by atoms with Gasteiger partial charge in [-0.1, -0.05) is 28.1 Å². The summed E-state index contributed by atoms with van der Waals surface area (Å²) in [4.78, 5) is 23.7. The molecule has 24 heavy (non-hydrogen) atoms. The van der Waals surface area contributed by atoms with Crippen LogP contribution in [0.2, 0.25) is 0 Å². The first-order chi connectivity index (χ1) is 11.5. The van der Waals surface area contributed by atoms with E-state index in [-0.39, 0.29) is 19.0 Å². The average Bonchev–Trinajstić information content (AvgIpc) is 3.01. The van der Waals surface area contributed by atoms with Gasteiger partial charge in [0.1, 0.15) is 18.8 Å². The number of rotatable bonds is 7. The van der Waals surface area contributed by atoms with Crippen LogP contribution in [0.3, 0.4) is 0 Å². The Balaban J connectivity index is 1.86. The first-order valence-electron chi connectivity index (χ1n) is 7.47. The number of carbonyl (C=O) groups is 2. The van der Waals surface area contributed by atoms with E-state index in [2.05, 4.69) is 26.0 Å². The van der Waals surface area contributed by atoms with E-state index in [1.165, 1.54) is 7.11 Å². The van der Waals surface area contributed by atoms with Crippen LogP contribution in [-0.2, 0) is 20.9 Å². The number of furan rings is 1. The fourth-order valence-corrected chi connectivity index (χ4v) is 2.45. The maximum absolute atomic E-state index is 11.7. The molecule has 0 bridgehead atoms. The second kappa shape index (κ2) is 8.65. The highest BCUT2D eigenvalue weighted by molar-refractivity contribution is 9.10. The summed E-state index contributed by atoms with van der Waals surface area (Å²) in [5, 5.41) is 2.52. The molecule has 0 spiro atoms.